The molecule has 0 amide bonds. The van der Waals surface area contributed by atoms with E-state index in [-0.39, 0.29) is 0 Å². The molecule has 0 unspecified atom stereocenters. The molecule has 0 spiro atoms. The van der Waals surface area contributed by atoms with Crippen LogP contribution in [0.4, 0.5) is 0 Å². The van der Waals surface area contributed by atoms with Crippen molar-refractivity contribution in [3.63, 3.8) is 0 Å². The van der Waals surface area contributed by atoms with Gasteiger partial charge in [-0.2, -0.15) is 11.8 Å². The second-order valence-electron chi connectivity index (χ2n) is 3.68. The Labute approximate surface area is 86.7 Å². The minimum Gasteiger partial charge on any atom is -0.301 e. The van der Waals surface area contributed by atoms with Crippen molar-refractivity contribution >= 4 is 11.8 Å². The van der Waals surface area contributed by atoms with Crippen LogP contribution in [0.5, 0.6) is 0 Å². The first kappa shape index (κ1) is 11.3. The highest BCUT2D eigenvalue weighted by atomic mass is 32.2. The van der Waals surface area contributed by atoms with E-state index in [1.54, 1.807) is 0 Å². The van der Waals surface area contributed by atoms with Gasteiger partial charge in [-0.1, -0.05) is 6.92 Å². The summed E-state index contributed by atoms with van der Waals surface area (Å²) >= 11 is 1.95. The highest BCUT2D eigenvalue weighted by Crippen LogP contribution is 2.03. The Morgan fingerprint density at radius 1 is 1.00 bits per heavy atom. The molecule has 0 aromatic carbocycles. The first-order chi connectivity index (χ1) is 6.36. The van der Waals surface area contributed by atoms with Crippen molar-refractivity contribution in [1.82, 2.24) is 9.80 Å². The van der Waals surface area contributed by atoms with E-state index < -0.39 is 0 Å². The fraction of sp³-hybridized carbons (Fsp3) is 1.00. The summed E-state index contributed by atoms with van der Waals surface area (Å²) in [6.07, 6.45) is 3.48. The SMILES string of the molecule is CCCN1CCN(CCSC)CC1. The average molecular weight is 202 g/mol. The van der Waals surface area contributed by atoms with E-state index in [1.165, 1.54) is 51.4 Å². The number of hydrogen-bond acceptors (Lipinski definition) is 3. The summed E-state index contributed by atoms with van der Waals surface area (Å²) in [5.74, 6) is 1.29. The molecule has 1 fully saturated rings. The van der Waals surface area contributed by atoms with Crippen molar-refractivity contribution in [2.75, 3.05) is 51.3 Å². The molecule has 0 aromatic rings. The average Bonchev–Trinajstić information content (AvgIpc) is 2.17. The minimum absolute atomic E-state index is 1.28. The zero-order chi connectivity index (χ0) is 9.52. The molecule has 3 heteroatoms. The van der Waals surface area contributed by atoms with Crippen LogP contribution < -0.4 is 0 Å². The van der Waals surface area contributed by atoms with E-state index in [4.69, 9.17) is 0 Å². The Bertz CT molecular complexity index is 122. The molecule has 0 saturated carbocycles. The maximum absolute atomic E-state index is 2.59. The molecule has 0 aliphatic carbocycles. The van der Waals surface area contributed by atoms with E-state index in [2.05, 4.69) is 23.0 Å². The number of piperazine rings is 1. The van der Waals surface area contributed by atoms with Crippen LogP contribution in [0.2, 0.25) is 0 Å². The lowest BCUT2D eigenvalue weighted by Gasteiger charge is -2.34. The van der Waals surface area contributed by atoms with Crippen LogP contribution >= 0.6 is 11.8 Å². The second-order valence-corrected chi connectivity index (χ2v) is 4.66. The van der Waals surface area contributed by atoms with Gasteiger partial charge in [0.2, 0.25) is 0 Å². The fourth-order valence-corrected chi connectivity index (χ4v) is 2.21. The quantitative estimate of drug-likeness (QED) is 0.665. The second kappa shape index (κ2) is 6.68. The Morgan fingerprint density at radius 2 is 1.54 bits per heavy atom. The van der Waals surface area contributed by atoms with E-state index in [0.717, 1.165) is 0 Å². The van der Waals surface area contributed by atoms with Crippen LogP contribution in [0.3, 0.4) is 0 Å². The highest BCUT2D eigenvalue weighted by Gasteiger charge is 2.14. The lowest BCUT2D eigenvalue weighted by molar-refractivity contribution is 0.138. The summed E-state index contributed by atoms with van der Waals surface area (Å²) < 4.78 is 0. The molecule has 0 aromatic heterocycles. The first-order valence-electron chi connectivity index (χ1n) is 5.30. The van der Waals surface area contributed by atoms with E-state index in [0.29, 0.717) is 0 Å². The summed E-state index contributed by atoms with van der Waals surface area (Å²) in [4.78, 5) is 5.16. The molecule has 78 valence electrons. The van der Waals surface area contributed by atoms with Crippen molar-refractivity contribution in [3.05, 3.63) is 0 Å². The minimum atomic E-state index is 1.28. The van der Waals surface area contributed by atoms with Crippen LogP contribution in [-0.4, -0.2) is 61.1 Å². The number of hydrogen-bond donors (Lipinski definition) is 0. The molecular formula is C10H22N2S. The maximum Gasteiger partial charge on any atom is 0.0110 e. The zero-order valence-electron chi connectivity index (χ0n) is 8.96. The molecule has 1 aliphatic heterocycles. The molecule has 0 N–H and O–H groups in total. The van der Waals surface area contributed by atoms with Gasteiger partial charge in [-0.15, -0.1) is 0 Å². The van der Waals surface area contributed by atoms with Crippen LogP contribution in [0, 0.1) is 0 Å². The largest absolute Gasteiger partial charge is 0.301 e. The van der Waals surface area contributed by atoms with E-state index in [9.17, 15) is 0 Å². The number of rotatable bonds is 5. The van der Waals surface area contributed by atoms with Gasteiger partial charge in [-0.3, -0.25) is 4.90 Å². The van der Waals surface area contributed by atoms with Gasteiger partial charge in [0, 0.05) is 38.5 Å². The van der Waals surface area contributed by atoms with Gasteiger partial charge in [0.25, 0.3) is 0 Å². The first-order valence-corrected chi connectivity index (χ1v) is 6.70. The van der Waals surface area contributed by atoms with Gasteiger partial charge < -0.3 is 4.90 Å². The predicted octanol–water partition coefficient (Wildman–Crippen LogP) is 1.38. The number of thioether (sulfide) groups is 1. The van der Waals surface area contributed by atoms with Crippen molar-refractivity contribution in [3.8, 4) is 0 Å². The van der Waals surface area contributed by atoms with Crippen molar-refractivity contribution < 1.29 is 0 Å². The molecule has 0 bridgehead atoms. The van der Waals surface area contributed by atoms with Gasteiger partial charge >= 0.3 is 0 Å². The van der Waals surface area contributed by atoms with Crippen LogP contribution in [0.1, 0.15) is 13.3 Å². The molecule has 0 atom stereocenters. The normalized spacial score (nSPS) is 20.8. The predicted molar refractivity (Wildman–Crippen MR) is 61.6 cm³/mol. The van der Waals surface area contributed by atoms with Crippen LogP contribution in [-0.2, 0) is 0 Å². The Balaban J connectivity index is 2.08. The molecule has 1 aliphatic rings. The Hall–Kier alpha value is 0.270. The van der Waals surface area contributed by atoms with Crippen molar-refractivity contribution in [2.24, 2.45) is 0 Å². The molecule has 1 heterocycles. The van der Waals surface area contributed by atoms with E-state index >= 15 is 0 Å². The highest BCUT2D eigenvalue weighted by molar-refractivity contribution is 7.98. The zero-order valence-corrected chi connectivity index (χ0v) is 9.78. The Morgan fingerprint density at radius 3 is 2.00 bits per heavy atom. The molecule has 13 heavy (non-hydrogen) atoms. The summed E-state index contributed by atoms with van der Waals surface area (Å²) in [7, 11) is 0. The molecule has 0 radical (unpaired) electrons. The lowest BCUT2D eigenvalue weighted by Crippen LogP contribution is -2.47. The molecule has 1 rings (SSSR count). The third kappa shape index (κ3) is 4.34. The summed E-state index contributed by atoms with van der Waals surface area (Å²) in [6, 6.07) is 0. The standard InChI is InChI=1S/C10H22N2S/c1-3-4-11-5-7-12(8-6-11)9-10-13-2/h3-10H2,1-2H3. The lowest BCUT2D eigenvalue weighted by atomic mass is 10.3. The number of nitrogens with zero attached hydrogens (tertiary/aromatic N) is 2. The maximum atomic E-state index is 2.59. The van der Waals surface area contributed by atoms with Crippen LogP contribution in [0.25, 0.3) is 0 Å². The molecule has 1 saturated heterocycles. The van der Waals surface area contributed by atoms with Crippen molar-refractivity contribution in [1.29, 1.82) is 0 Å². The van der Waals surface area contributed by atoms with Gasteiger partial charge in [0.1, 0.15) is 0 Å². The smallest absolute Gasteiger partial charge is 0.0110 e. The monoisotopic (exact) mass is 202 g/mol. The fourth-order valence-electron chi connectivity index (χ4n) is 1.77. The summed E-state index contributed by atoms with van der Waals surface area (Å²) in [5.41, 5.74) is 0. The van der Waals surface area contributed by atoms with Crippen molar-refractivity contribution in [2.45, 2.75) is 13.3 Å². The summed E-state index contributed by atoms with van der Waals surface area (Å²) in [6.45, 7) is 9.95. The topological polar surface area (TPSA) is 6.48 Å². The Kier molecular flexibility index (Phi) is 5.83. The molecular weight excluding hydrogens is 180 g/mol. The van der Waals surface area contributed by atoms with Gasteiger partial charge in [0.15, 0.2) is 0 Å². The molecule has 2 nitrogen and oxygen atoms in total. The third-order valence-electron chi connectivity index (χ3n) is 2.62. The van der Waals surface area contributed by atoms with E-state index in [1.807, 2.05) is 11.8 Å². The van der Waals surface area contributed by atoms with Crippen LogP contribution in [0.15, 0.2) is 0 Å². The van der Waals surface area contributed by atoms with Gasteiger partial charge in [0.05, 0.1) is 0 Å². The summed E-state index contributed by atoms with van der Waals surface area (Å²) in [5, 5.41) is 0. The third-order valence-corrected chi connectivity index (χ3v) is 3.21. The van der Waals surface area contributed by atoms with Gasteiger partial charge in [-0.05, 0) is 19.2 Å². The van der Waals surface area contributed by atoms with Gasteiger partial charge in [-0.25, -0.2) is 0 Å².